The summed E-state index contributed by atoms with van der Waals surface area (Å²) in [5.41, 5.74) is 32.6. The van der Waals surface area contributed by atoms with E-state index in [1.807, 2.05) is 60.7 Å². The Labute approximate surface area is 703 Å². The second kappa shape index (κ2) is 32.1. The minimum absolute atomic E-state index is 0. The highest BCUT2D eigenvalue weighted by Gasteiger charge is 2.47. The van der Waals surface area contributed by atoms with E-state index in [1.165, 1.54) is 50.1 Å². The van der Waals surface area contributed by atoms with Crippen LogP contribution in [0, 0.1) is 0 Å². The number of hydrogen-bond donors (Lipinski definition) is 1. The van der Waals surface area contributed by atoms with Crippen LogP contribution in [0.2, 0.25) is 0 Å². The normalized spacial score (nSPS) is 13.5. The first-order valence-corrected chi connectivity index (χ1v) is 40.3. The van der Waals surface area contributed by atoms with Crippen molar-refractivity contribution in [2.45, 2.75) is 91.9 Å². The average Bonchev–Trinajstić information content (AvgIpc) is 1.54. The maximum Gasteiger partial charge on any atom is 0.569 e. The molecule has 0 spiro atoms. The fourth-order valence-corrected chi connectivity index (χ4v) is 17.7. The number of benzene rings is 14. The Hall–Kier alpha value is -13.3. The smallest absolute Gasteiger partial charge is 0.537 e. The van der Waals surface area contributed by atoms with Gasteiger partial charge in [0.25, 0.3) is 0 Å². The molecule has 1 N–H and O–H groups in total. The summed E-state index contributed by atoms with van der Waals surface area (Å²) in [6, 6.07) is 127. The molecule has 2 aromatic heterocycles. The van der Waals surface area contributed by atoms with Crippen LogP contribution in [0.15, 0.2) is 368 Å². The summed E-state index contributed by atoms with van der Waals surface area (Å²) in [4.78, 5) is 30.9. The quantitative estimate of drug-likeness (QED) is 0.100. The number of para-hydroxylation sites is 8. The zero-order chi connectivity index (χ0) is 79.5. The van der Waals surface area contributed by atoms with Gasteiger partial charge < -0.3 is 29.3 Å². The van der Waals surface area contributed by atoms with E-state index >= 15 is 0 Å². The third-order valence-corrected chi connectivity index (χ3v) is 23.7. The molecule has 4 aliphatic rings. The van der Waals surface area contributed by atoms with Gasteiger partial charge in [0.2, 0.25) is 0 Å². The van der Waals surface area contributed by atoms with E-state index in [0.717, 1.165) is 124 Å². The number of aromatic nitrogens is 4. The van der Waals surface area contributed by atoms with E-state index in [2.05, 4.69) is 394 Å². The van der Waals surface area contributed by atoms with Crippen molar-refractivity contribution in [1.82, 2.24) is 19.9 Å². The molecule has 20 rings (SSSR count). The van der Waals surface area contributed by atoms with Crippen LogP contribution in [0.4, 0.5) is 68.2 Å². The van der Waals surface area contributed by atoms with Gasteiger partial charge in [-0.15, -0.1) is 0 Å². The molecule has 12 heteroatoms. The Bertz CT molecular complexity index is 6130. The van der Waals surface area contributed by atoms with E-state index in [-0.39, 0.29) is 36.5 Å². The Morgan fingerprint density at radius 1 is 0.254 bits per heavy atom. The van der Waals surface area contributed by atoms with Gasteiger partial charge in [-0.2, -0.15) is 0 Å². The van der Waals surface area contributed by atoms with E-state index in [9.17, 15) is 0 Å². The third-order valence-electron chi connectivity index (χ3n) is 23.3. The largest absolute Gasteiger partial charge is 0.569 e. The van der Waals surface area contributed by atoms with Crippen LogP contribution in [0.5, 0.6) is 5.75 Å². The topological polar surface area (TPSA) is 94.0 Å². The molecule has 579 valence electrons. The maximum absolute atomic E-state index is 8.70. The molecule has 4 aliphatic carbocycles. The molecule has 0 bridgehead atoms. The fraction of sp³-hybridized carbons (Fsp3) is 0.132. The summed E-state index contributed by atoms with van der Waals surface area (Å²) in [6.07, 6.45) is 0. The Kier molecular flexibility index (Phi) is 21.4. The lowest BCUT2D eigenvalue weighted by Gasteiger charge is -2.27. The van der Waals surface area contributed by atoms with Crippen LogP contribution in [0.25, 0.3) is 56.2 Å². The number of hydrogen-bond acceptors (Lipinski definition) is 10. The molecule has 16 aromatic rings. The first kappa shape index (κ1) is 78.6. The minimum Gasteiger partial charge on any atom is -0.537 e. The average molecular weight is 1600 g/mol. The highest BCUT2D eigenvalue weighted by Crippen LogP contribution is 2.57. The highest BCUT2D eigenvalue weighted by molar-refractivity contribution is 9.10. The number of fused-ring (bicyclic) bond motifs is 12. The van der Waals surface area contributed by atoms with Crippen molar-refractivity contribution < 1.29 is 9.68 Å². The maximum atomic E-state index is 8.70. The molecule has 0 saturated carbocycles. The van der Waals surface area contributed by atoms with Gasteiger partial charge in [0, 0.05) is 117 Å². The van der Waals surface area contributed by atoms with Crippen molar-refractivity contribution in [3.8, 4) is 61.9 Å². The van der Waals surface area contributed by atoms with Crippen LogP contribution >= 0.6 is 15.9 Å². The molecule has 118 heavy (non-hydrogen) atoms. The van der Waals surface area contributed by atoms with Crippen molar-refractivity contribution in [2.24, 2.45) is 0 Å². The van der Waals surface area contributed by atoms with E-state index in [0.29, 0.717) is 13.4 Å². The number of anilines is 12. The van der Waals surface area contributed by atoms with Crippen LogP contribution in [0.1, 0.15) is 115 Å². The molecule has 0 amide bonds. The van der Waals surface area contributed by atoms with Crippen molar-refractivity contribution in [3.63, 3.8) is 0 Å². The first-order valence-electron chi connectivity index (χ1n) is 39.5. The molecule has 0 unspecified atom stereocenters. The lowest BCUT2D eigenvalue weighted by Crippen LogP contribution is -2.20. The number of halogens is 1. The van der Waals surface area contributed by atoms with E-state index in [4.69, 9.17) is 29.6 Å². The van der Waals surface area contributed by atoms with Gasteiger partial charge in [-0.3, -0.25) is 0 Å². The minimum atomic E-state index is -0.330. The summed E-state index contributed by atoms with van der Waals surface area (Å²) in [5.74, 6) is 0.590. The second-order valence-electron chi connectivity index (χ2n) is 31.9. The molecule has 0 aliphatic heterocycles. The van der Waals surface area contributed by atoms with Gasteiger partial charge in [-0.1, -0.05) is 274 Å². The third kappa shape index (κ3) is 14.2. The lowest BCUT2D eigenvalue weighted by molar-refractivity contribution is 0.454. The van der Waals surface area contributed by atoms with E-state index in [1.54, 1.807) is 0 Å². The number of nitrogens with zero attached hydrogens (tertiary/aromatic N) is 8. The summed E-state index contributed by atoms with van der Waals surface area (Å²) >= 11 is 3.66. The Morgan fingerprint density at radius 2 is 0.475 bits per heavy atom. The molecule has 10 nitrogen and oxygen atoms in total. The second-order valence-corrected chi connectivity index (χ2v) is 32.9. The summed E-state index contributed by atoms with van der Waals surface area (Å²) in [5, 5.41) is 8.70. The molecule has 2 heterocycles. The molecule has 0 fully saturated rings. The SMILES string of the molecule is C.C.CC1(C)c2cc(-c3ccc(N(c4ccccc4)c4ccccc4)cc3)ccc2-c2nc3c(nc21)-c1ccc(N(c2ccccc2)c2ccccc2)cc1C3(C)C.CC1(C)c2cc(Br)ccc2-c2nc3c(nc21)-c1ccc(N(c2ccccc2)c2ccccc2)cc1C3(C)C.O[B]Oc1ccc(N(c2ccccc2)c2ccccc2)cc1. The molecule has 1 radical (unpaired) electrons. The van der Waals surface area contributed by atoms with Gasteiger partial charge in [-0.25, -0.2) is 19.9 Å². The van der Waals surface area contributed by atoms with Gasteiger partial charge in [0.15, 0.2) is 0 Å². The summed E-state index contributed by atoms with van der Waals surface area (Å²) in [7, 11) is 0.682. The monoisotopic (exact) mass is 1600 g/mol. The fourth-order valence-electron chi connectivity index (χ4n) is 17.3. The predicted octanol–water partition coefficient (Wildman–Crippen LogP) is 28.4. The van der Waals surface area contributed by atoms with Gasteiger partial charge >= 0.3 is 7.69 Å². The Balaban J connectivity index is 0.000000145. The van der Waals surface area contributed by atoms with Crippen molar-refractivity contribution in [1.29, 1.82) is 0 Å². The summed E-state index contributed by atoms with van der Waals surface area (Å²) in [6.45, 7) is 18.3. The predicted molar refractivity (Wildman–Crippen MR) is 495 cm³/mol. The zero-order valence-corrected chi connectivity index (χ0v) is 67.6. The molecular weight excluding hydrogens is 1510 g/mol. The Morgan fingerprint density at radius 3 is 0.763 bits per heavy atom. The van der Waals surface area contributed by atoms with Crippen molar-refractivity contribution in [2.75, 3.05) is 19.6 Å². The van der Waals surface area contributed by atoms with Crippen LogP contribution in [-0.4, -0.2) is 32.6 Å². The van der Waals surface area contributed by atoms with Crippen molar-refractivity contribution >= 4 is 91.9 Å². The van der Waals surface area contributed by atoms with Gasteiger partial charge in [0.05, 0.1) is 45.6 Å². The zero-order valence-electron chi connectivity index (χ0n) is 66.0. The standard InChI is InChI=1S/C52H42N4.C34H28BrN3.C18H15BNO2.2CH4/c1-51(2)45-33-36(35-25-28-41(29-26-35)55(37-17-9-5-10-18-37)38-19-11-6-12-20-38)27-31-43(45)47-49(51)54-48-44-32-30-42(34-46(44)52(3,4)50(48)53-47)56(39-21-13-7-14-22-39)40-23-15-8-16-24-40;1-33(2)27-19-21(35)15-17-25(27)29-31(33)37-30-26-18-16-24(20-28(26)34(3,4)32(30)36-29)38(22-11-7-5-8-12-22)23-13-9-6-10-14-23;21-19-22-18-13-11-17(12-14-18)20(15-7-3-1-4-8-15)16-9-5-2-6-10-16;;/h5-34H,1-4H3;5-20H,1-4H3;1-14,21H;2*1H4. The van der Waals surface area contributed by atoms with Crippen molar-refractivity contribution in [3.05, 3.63) is 413 Å². The summed E-state index contributed by atoms with van der Waals surface area (Å²) < 4.78 is 6.05. The number of rotatable bonds is 15. The van der Waals surface area contributed by atoms with Gasteiger partial charge in [0.1, 0.15) is 5.75 Å². The highest BCUT2D eigenvalue weighted by atomic mass is 79.9. The van der Waals surface area contributed by atoms with Crippen LogP contribution in [0.3, 0.4) is 0 Å². The first-order chi connectivity index (χ1) is 56.4. The molecular formula is C106H93BBrN8O2. The van der Waals surface area contributed by atoms with Gasteiger partial charge in [-0.05, 0) is 209 Å². The molecule has 0 atom stereocenters. The van der Waals surface area contributed by atoms with Crippen LogP contribution in [-0.2, 0) is 21.7 Å². The lowest BCUT2D eigenvalue weighted by atomic mass is 9.84. The molecule has 14 aromatic carbocycles. The van der Waals surface area contributed by atoms with Crippen LogP contribution < -0.4 is 24.3 Å². The van der Waals surface area contributed by atoms with E-state index < -0.39 is 0 Å². The molecule has 0 saturated heterocycles.